The number of sulfone groups is 1. The Labute approximate surface area is 121 Å². The second-order valence-electron chi connectivity index (χ2n) is 5.70. The Bertz CT molecular complexity index is 554. The van der Waals surface area contributed by atoms with Crippen molar-refractivity contribution in [1.82, 2.24) is 5.32 Å². The van der Waals surface area contributed by atoms with E-state index >= 15 is 0 Å². The maximum Gasteiger partial charge on any atom is 0.158 e. The van der Waals surface area contributed by atoms with Crippen LogP contribution < -0.4 is 10.1 Å². The zero-order valence-corrected chi connectivity index (χ0v) is 13.1. The highest BCUT2D eigenvalue weighted by atomic mass is 32.2. The molecule has 1 aromatic carbocycles. The first-order chi connectivity index (χ1) is 9.45. The minimum Gasteiger partial charge on any atom is -0.492 e. The highest BCUT2D eigenvalue weighted by Gasteiger charge is 2.38. The number of benzene rings is 1. The van der Waals surface area contributed by atoms with Gasteiger partial charge in [-0.05, 0) is 25.5 Å². The van der Waals surface area contributed by atoms with E-state index in [9.17, 15) is 8.42 Å². The molecule has 2 atom stereocenters. The second-order valence-corrected chi connectivity index (χ2v) is 8.04. The van der Waals surface area contributed by atoms with Crippen LogP contribution in [0.2, 0.25) is 0 Å². The third-order valence-electron chi connectivity index (χ3n) is 3.78. The molecule has 1 aromatic rings. The molecule has 0 aromatic heterocycles. The first-order valence-corrected chi connectivity index (χ1v) is 8.78. The quantitative estimate of drug-likeness (QED) is 0.905. The summed E-state index contributed by atoms with van der Waals surface area (Å²) in [6.45, 7) is 4.30. The normalized spacial score (nSPS) is 22.4. The van der Waals surface area contributed by atoms with Crippen LogP contribution in [-0.2, 0) is 9.84 Å². The van der Waals surface area contributed by atoms with Crippen molar-refractivity contribution in [2.24, 2.45) is 5.92 Å². The molecule has 2 rings (SSSR count). The molecule has 0 saturated carbocycles. The van der Waals surface area contributed by atoms with Gasteiger partial charge in [-0.25, -0.2) is 8.42 Å². The zero-order chi connectivity index (χ0) is 14.8. The molecule has 112 valence electrons. The van der Waals surface area contributed by atoms with Crippen LogP contribution in [0.25, 0.3) is 0 Å². The minimum atomic E-state index is -3.17. The van der Waals surface area contributed by atoms with E-state index in [2.05, 4.69) is 5.32 Å². The number of para-hydroxylation sites is 1. The Hall–Kier alpha value is -1.07. The Morgan fingerprint density at radius 2 is 2.05 bits per heavy atom. The molecule has 5 heteroatoms. The number of nitrogens with one attached hydrogen (secondary N) is 1. The van der Waals surface area contributed by atoms with Crippen molar-refractivity contribution >= 4 is 9.84 Å². The van der Waals surface area contributed by atoms with Crippen LogP contribution >= 0.6 is 0 Å². The molecule has 0 spiro atoms. The molecule has 1 N–H and O–H groups in total. The lowest BCUT2D eigenvalue weighted by Crippen LogP contribution is -2.44. The number of rotatable bonds is 5. The topological polar surface area (TPSA) is 55.4 Å². The second kappa shape index (κ2) is 6.14. The summed E-state index contributed by atoms with van der Waals surface area (Å²) in [5.41, 5.74) is 0.930. The van der Waals surface area contributed by atoms with Gasteiger partial charge in [0.1, 0.15) is 17.6 Å². The van der Waals surface area contributed by atoms with Gasteiger partial charge >= 0.3 is 0 Å². The average Bonchev–Trinajstić information content (AvgIpc) is 2.44. The smallest absolute Gasteiger partial charge is 0.158 e. The molecule has 4 nitrogen and oxygen atoms in total. The summed E-state index contributed by atoms with van der Waals surface area (Å²) in [5.74, 6) is 1.38. The van der Waals surface area contributed by atoms with Crippen molar-refractivity contribution in [2.45, 2.75) is 31.6 Å². The SMILES string of the molecule is CNC1c2ccccc2OCC1S(=O)(=O)CCC(C)C. The van der Waals surface area contributed by atoms with E-state index < -0.39 is 15.1 Å². The minimum absolute atomic E-state index is 0.197. The van der Waals surface area contributed by atoms with E-state index in [1.54, 1.807) is 7.05 Å². The van der Waals surface area contributed by atoms with Gasteiger partial charge in [-0.15, -0.1) is 0 Å². The standard InChI is InChI=1S/C15H23NO3S/c1-11(2)8-9-20(17,18)14-10-19-13-7-5-4-6-12(13)15(14)16-3/h4-7,11,14-16H,8-10H2,1-3H3. The van der Waals surface area contributed by atoms with Crippen molar-refractivity contribution in [2.75, 3.05) is 19.4 Å². The van der Waals surface area contributed by atoms with Gasteiger partial charge in [-0.2, -0.15) is 0 Å². The lowest BCUT2D eigenvalue weighted by molar-refractivity contribution is 0.259. The molecule has 0 bridgehead atoms. The molecular weight excluding hydrogens is 274 g/mol. The van der Waals surface area contributed by atoms with Crippen molar-refractivity contribution in [3.63, 3.8) is 0 Å². The highest BCUT2D eigenvalue weighted by molar-refractivity contribution is 7.92. The zero-order valence-electron chi connectivity index (χ0n) is 12.3. The number of ether oxygens (including phenoxy) is 1. The average molecular weight is 297 g/mol. The van der Waals surface area contributed by atoms with Crippen LogP contribution in [0, 0.1) is 5.92 Å². The summed E-state index contributed by atoms with van der Waals surface area (Å²) in [6, 6.07) is 7.43. The summed E-state index contributed by atoms with van der Waals surface area (Å²) >= 11 is 0. The van der Waals surface area contributed by atoms with Crippen molar-refractivity contribution in [1.29, 1.82) is 0 Å². The van der Waals surface area contributed by atoms with Crippen molar-refractivity contribution in [3.05, 3.63) is 29.8 Å². The molecule has 1 aliphatic heterocycles. The molecule has 0 fully saturated rings. The largest absolute Gasteiger partial charge is 0.492 e. The third-order valence-corrected chi connectivity index (χ3v) is 5.92. The van der Waals surface area contributed by atoms with E-state index in [-0.39, 0.29) is 18.4 Å². The van der Waals surface area contributed by atoms with Crippen molar-refractivity contribution < 1.29 is 13.2 Å². The molecule has 0 saturated heterocycles. The Kier molecular flexibility index (Phi) is 4.70. The molecule has 0 amide bonds. The summed E-state index contributed by atoms with van der Waals surface area (Å²) < 4.78 is 30.7. The van der Waals surface area contributed by atoms with Crippen LogP contribution in [-0.4, -0.2) is 33.1 Å². The summed E-state index contributed by atoms with van der Waals surface area (Å²) in [6.07, 6.45) is 0.691. The highest BCUT2D eigenvalue weighted by Crippen LogP contribution is 2.35. The number of fused-ring (bicyclic) bond motifs is 1. The maximum absolute atomic E-state index is 12.5. The van der Waals surface area contributed by atoms with Gasteiger partial charge < -0.3 is 10.1 Å². The lowest BCUT2D eigenvalue weighted by Gasteiger charge is -2.33. The van der Waals surface area contributed by atoms with Crippen LogP contribution in [0.5, 0.6) is 5.75 Å². The predicted molar refractivity (Wildman–Crippen MR) is 80.8 cm³/mol. The fourth-order valence-corrected chi connectivity index (χ4v) is 4.62. The molecule has 20 heavy (non-hydrogen) atoms. The molecule has 1 aliphatic rings. The Morgan fingerprint density at radius 3 is 2.70 bits per heavy atom. The van der Waals surface area contributed by atoms with Gasteiger partial charge in [-0.1, -0.05) is 32.0 Å². The van der Waals surface area contributed by atoms with E-state index in [0.29, 0.717) is 12.3 Å². The molecular formula is C15H23NO3S. The van der Waals surface area contributed by atoms with E-state index in [0.717, 1.165) is 11.3 Å². The Balaban J connectivity index is 2.25. The summed E-state index contributed by atoms with van der Waals surface area (Å²) in [7, 11) is -1.37. The van der Waals surface area contributed by atoms with Crippen LogP contribution in [0.3, 0.4) is 0 Å². The summed E-state index contributed by atoms with van der Waals surface area (Å²) in [4.78, 5) is 0. The van der Waals surface area contributed by atoms with Gasteiger partial charge in [0.05, 0.1) is 11.8 Å². The lowest BCUT2D eigenvalue weighted by atomic mass is 10.0. The monoisotopic (exact) mass is 297 g/mol. The van der Waals surface area contributed by atoms with Gasteiger partial charge in [-0.3, -0.25) is 0 Å². The molecule has 0 aliphatic carbocycles. The molecule has 0 radical (unpaired) electrons. The maximum atomic E-state index is 12.5. The predicted octanol–water partition coefficient (Wildman–Crippen LogP) is 2.17. The fourth-order valence-electron chi connectivity index (χ4n) is 2.54. The van der Waals surface area contributed by atoms with Crippen LogP contribution in [0.15, 0.2) is 24.3 Å². The third kappa shape index (κ3) is 3.15. The number of hydrogen-bond donors (Lipinski definition) is 1. The van der Waals surface area contributed by atoms with Gasteiger partial charge in [0.25, 0.3) is 0 Å². The van der Waals surface area contributed by atoms with E-state index in [4.69, 9.17) is 4.74 Å². The first kappa shape index (κ1) is 15.3. The van der Waals surface area contributed by atoms with Gasteiger partial charge in [0.2, 0.25) is 0 Å². The van der Waals surface area contributed by atoms with Gasteiger partial charge in [0, 0.05) is 5.56 Å². The molecule has 2 unspecified atom stereocenters. The summed E-state index contributed by atoms with van der Waals surface area (Å²) in [5, 5.41) is 2.63. The van der Waals surface area contributed by atoms with Crippen LogP contribution in [0.4, 0.5) is 0 Å². The van der Waals surface area contributed by atoms with E-state index in [1.165, 1.54) is 0 Å². The number of hydrogen-bond acceptors (Lipinski definition) is 4. The van der Waals surface area contributed by atoms with Crippen molar-refractivity contribution in [3.8, 4) is 5.75 Å². The van der Waals surface area contributed by atoms with Crippen LogP contribution in [0.1, 0.15) is 31.9 Å². The van der Waals surface area contributed by atoms with Gasteiger partial charge in [0.15, 0.2) is 9.84 Å². The Morgan fingerprint density at radius 1 is 1.35 bits per heavy atom. The van der Waals surface area contributed by atoms with E-state index in [1.807, 2.05) is 38.1 Å². The fraction of sp³-hybridized carbons (Fsp3) is 0.600. The first-order valence-electron chi connectivity index (χ1n) is 7.06. The molecule has 1 heterocycles.